The molecule has 20 heavy (non-hydrogen) atoms. The van der Waals surface area contributed by atoms with Crippen LogP contribution in [0.25, 0.3) is 0 Å². The predicted octanol–water partition coefficient (Wildman–Crippen LogP) is 4.79. The highest BCUT2D eigenvalue weighted by atomic mass is 79.9. The van der Waals surface area contributed by atoms with Gasteiger partial charge in [0.25, 0.3) is 5.91 Å². The van der Waals surface area contributed by atoms with Gasteiger partial charge in [0.05, 0.1) is 5.56 Å². The molecule has 0 N–H and O–H groups in total. The molecule has 0 heterocycles. The van der Waals surface area contributed by atoms with E-state index in [0.717, 1.165) is 14.5 Å². The Morgan fingerprint density at radius 3 is 2.35 bits per heavy atom. The quantitative estimate of drug-likeness (QED) is 0.730. The Bertz CT molecular complexity index is 623. The standard InChI is InChI=1S/C16H15Br2NO/c1-11-3-5-12(6-4-11)10-19(2)16(20)14-8-7-13(17)9-15(14)18/h3-9H,10H2,1-2H3. The number of benzene rings is 2. The minimum absolute atomic E-state index is 0.00458. The van der Waals surface area contributed by atoms with E-state index in [4.69, 9.17) is 0 Å². The topological polar surface area (TPSA) is 20.3 Å². The number of nitrogens with zero attached hydrogens (tertiary/aromatic N) is 1. The first-order valence-electron chi connectivity index (χ1n) is 6.23. The van der Waals surface area contributed by atoms with Crippen LogP contribution in [-0.4, -0.2) is 17.9 Å². The zero-order valence-electron chi connectivity index (χ0n) is 11.4. The van der Waals surface area contributed by atoms with E-state index in [1.165, 1.54) is 5.56 Å². The van der Waals surface area contributed by atoms with Gasteiger partial charge in [-0.15, -0.1) is 0 Å². The number of carbonyl (C=O) groups excluding carboxylic acids is 1. The van der Waals surface area contributed by atoms with Crippen LogP contribution in [0.5, 0.6) is 0 Å². The van der Waals surface area contributed by atoms with Crippen LogP contribution >= 0.6 is 31.9 Å². The summed E-state index contributed by atoms with van der Waals surface area (Å²) in [7, 11) is 1.82. The summed E-state index contributed by atoms with van der Waals surface area (Å²) in [6, 6.07) is 13.8. The van der Waals surface area contributed by atoms with Crippen LogP contribution in [-0.2, 0) is 6.54 Å². The molecule has 2 aromatic carbocycles. The summed E-state index contributed by atoms with van der Waals surface area (Å²) in [6.07, 6.45) is 0. The zero-order chi connectivity index (χ0) is 14.7. The van der Waals surface area contributed by atoms with Gasteiger partial charge in [0.1, 0.15) is 0 Å². The summed E-state index contributed by atoms with van der Waals surface area (Å²) in [5, 5.41) is 0. The third-order valence-corrected chi connectivity index (χ3v) is 4.20. The maximum atomic E-state index is 12.4. The highest BCUT2D eigenvalue weighted by molar-refractivity contribution is 9.11. The summed E-state index contributed by atoms with van der Waals surface area (Å²) >= 11 is 6.82. The lowest BCUT2D eigenvalue weighted by Gasteiger charge is -2.18. The van der Waals surface area contributed by atoms with Crippen molar-refractivity contribution in [1.82, 2.24) is 4.90 Å². The van der Waals surface area contributed by atoms with Crippen LogP contribution in [0.4, 0.5) is 0 Å². The number of amides is 1. The second-order valence-corrected chi connectivity index (χ2v) is 6.54. The van der Waals surface area contributed by atoms with Gasteiger partial charge in [-0.25, -0.2) is 0 Å². The van der Waals surface area contributed by atoms with Crippen molar-refractivity contribution in [3.8, 4) is 0 Å². The van der Waals surface area contributed by atoms with Crippen molar-refractivity contribution >= 4 is 37.8 Å². The molecule has 1 amide bonds. The Balaban J connectivity index is 2.14. The molecule has 2 rings (SSSR count). The first-order chi connectivity index (χ1) is 9.47. The largest absolute Gasteiger partial charge is 0.337 e. The molecular formula is C16H15Br2NO. The molecule has 0 aromatic heterocycles. The molecule has 0 aliphatic heterocycles. The molecule has 0 saturated carbocycles. The van der Waals surface area contributed by atoms with E-state index >= 15 is 0 Å². The number of hydrogen-bond donors (Lipinski definition) is 0. The van der Waals surface area contributed by atoms with Gasteiger partial charge in [-0.2, -0.15) is 0 Å². The predicted molar refractivity (Wildman–Crippen MR) is 88.8 cm³/mol. The molecule has 0 saturated heterocycles. The number of hydrogen-bond acceptors (Lipinski definition) is 1. The molecule has 0 atom stereocenters. The SMILES string of the molecule is Cc1ccc(CN(C)C(=O)c2ccc(Br)cc2Br)cc1. The van der Waals surface area contributed by atoms with Crippen molar-refractivity contribution in [3.63, 3.8) is 0 Å². The highest BCUT2D eigenvalue weighted by Crippen LogP contribution is 2.23. The van der Waals surface area contributed by atoms with E-state index in [1.54, 1.807) is 4.90 Å². The average molecular weight is 397 g/mol. The van der Waals surface area contributed by atoms with Gasteiger partial charge in [0.15, 0.2) is 0 Å². The lowest BCUT2D eigenvalue weighted by atomic mass is 10.1. The van der Waals surface area contributed by atoms with Crippen molar-refractivity contribution in [3.05, 3.63) is 68.1 Å². The van der Waals surface area contributed by atoms with E-state index in [1.807, 2.05) is 25.2 Å². The minimum Gasteiger partial charge on any atom is -0.337 e. The first-order valence-corrected chi connectivity index (χ1v) is 7.82. The second-order valence-electron chi connectivity index (χ2n) is 4.77. The number of carbonyl (C=O) groups is 1. The van der Waals surface area contributed by atoms with Gasteiger partial charge in [-0.1, -0.05) is 45.8 Å². The van der Waals surface area contributed by atoms with E-state index in [9.17, 15) is 4.79 Å². The van der Waals surface area contributed by atoms with E-state index in [2.05, 4.69) is 63.0 Å². The van der Waals surface area contributed by atoms with E-state index in [0.29, 0.717) is 12.1 Å². The molecule has 2 aromatic rings. The van der Waals surface area contributed by atoms with Gasteiger partial charge in [0, 0.05) is 22.5 Å². The third kappa shape index (κ3) is 3.70. The summed E-state index contributed by atoms with van der Waals surface area (Å²) in [5.41, 5.74) is 3.01. The van der Waals surface area contributed by atoms with Crippen LogP contribution in [0, 0.1) is 6.92 Å². The minimum atomic E-state index is 0.00458. The number of aryl methyl sites for hydroxylation is 1. The fourth-order valence-corrected chi connectivity index (χ4v) is 3.12. The summed E-state index contributed by atoms with van der Waals surface area (Å²) in [6.45, 7) is 2.65. The van der Waals surface area contributed by atoms with E-state index in [-0.39, 0.29) is 5.91 Å². The van der Waals surface area contributed by atoms with Crippen LogP contribution in [0.2, 0.25) is 0 Å². The molecule has 0 fully saturated rings. The van der Waals surface area contributed by atoms with Gasteiger partial charge in [-0.3, -0.25) is 4.79 Å². The van der Waals surface area contributed by atoms with Crippen molar-refractivity contribution < 1.29 is 4.79 Å². The zero-order valence-corrected chi connectivity index (χ0v) is 14.5. The van der Waals surface area contributed by atoms with Crippen molar-refractivity contribution in [2.45, 2.75) is 13.5 Å². The van der Waals surface area contributed by atoms with Gasteiger partial charge in [-0.05, 0) is 46.6 Å². The Hall–Kier alpha value is -1.13. The molecule has 0 aliphatic rings. The van der Waals surface area contributed by atoms with Crippen LogP contribution < -0.4 is 0 Å². The molecule has 4 heteroatoms. The normalized spacial score (nSPS) is 10.4. The van der Waals surface area contributed by atoms with Gasteiger partial charge >= 0.3 is 0 Å². The molecule has 0 aliphatic carbocycles. The summed E-state index contributed by atoms with van der Waals surface area (Å²) in [4.78, 5) is 14.1. The van der Waals surface area contributed by atoms with Crippen LogP contribution in [0.3, 0.4) is 0 Å². The fourth-order valence-electron chi connectivity index (χ4n) is 1.91. The molecule has 0 spiro atoms. The van der Waals surface area contributed by atoms with Gasteiger partial charge in [0.2, 0.25) is 0 Å². The van der Waals surface area contributed by atoms with Crippen molar-refractivity contribution in [2.75, 3.05) is 7.05 Å². The van der Waals surface area contributed by atoms with Gasteiger partial charge < -0.3 is 4.90 Å². The summed E-state index contributed by atoms with van der Waals surface area (Å²) < 4.78 is 1.75. The Labute approximate surface area is 136 Å². The van der Waals surface area contributed by atoms with Crippen molar-refractivity contribution in [1.29, 1.82) is 0 Å². The van der Waals surface area contributed by atoms with Crippen molar-refractivity contribution in [2.24, 2.45) is 0 Å². The molecule has 0 bridgehead atoms. The second kappa shape index (κ2) is 6.55. The average Bonchev–Trinajstić information content (AvgIpc) is 2.40. The molecular weight excluding hydrogens is 382 g/mol. The number of halogens is 2. The third-order valence-electron chi connectivity index (χ3n) is 3.05. The highest BCUT2D eigenvalue weighted by Gasteiger charge is 2.15. The summed E-state index contributed by atoms with van der Waals surface area (Å²) in [5.74, 6) is 0.00458. The molecule has 0 unspecified atom stereocenters. The Kier molecular flexibility index (Phi) is 5.00. The Morgan fingerprint density at radius 1 is 1.10 bits per heavy atom. The molecule has 2 nitrogen and oxygen atoms in total. The number of rotatable bonds is 3. The first kappa shape index (κ1) is 15.3. The van der Waals surface area contributed by atoms with E-state index < -0.39 is 0 Å². The Morgan fingerprint density at radius 2 is 1.75 bits per heavy atom. The fraction of sp³-hybridized carbons (Fsp3) is 0.188. The maximum Gasteiger partial charge on any atom is 0.255 e. The van der Waals surface area contributed by atoms with Crippen LogP contribution in [0.1, 0.15) is 21.5 Å². The monoisotopic (exact) mass is 395 g/mol. The molecule has 0 radical (unpaired) electrons. The lowest BCUT2D eigenvalue weighted by molar-refractivity contribution is 0.0784. The lowest BCUT2D eigenvalue weighted by Crippen LogP contribution is -2.26. The smallest absolute Gasteiger partial charge is 0.255 e. The molecule has 104 valence electrons. The maximum absolute atomic E-state index is 12.4. The van der Waals surface area contributed by atoms with Crippen LogP contribution in [0.15, 0.2) is 51.4 Å².